The molecule has 0 N–H and O–H groups in total. The van der Waals surface area contributed by atoms with Crippen LogP contribution in [0.3, 0.4) is 0 Å². The second kappa shape index (κ2) is 5.44. The van der Waals surface area contributed by atoms with Crippen LogP contribution in [-0.4, -0.2) is 18.6 Å². The van der Waals surface area contributed by atoms with E-state index in [0.717, 1.165) is 31.2 Å². The van der Waals surface area contributed by atoms with Crippen LogP contribution in [0.4, 0.5) is 0 Å². The van der Waals surface area contributed by atoms with Gasteiger partial charge in [-0.05, 0) is 55.9 Å². The largest absolute Gasteiger partial charge is 0.451 e. The van der Waals surface area contributed by atoms with Crippen LogP contribution in [0.5, 0.6) is 0 Å². The van der Waals surface area contributed by atoms with E-state index in [4.69, 9.17) is 21.1 Å². The van der Waals surface area contributed by atoms with Crippen LogP contribution in [0.2, 0.25) is 5.02 Å². The Morgan fingerprint density at radius 1 is 1.40 bits per heavy atom. The first-order valence-electron chi connectivity index (χ1n) is 6.92. The van der Waals surface area contributed by atoms with Crippen molar-refractivity contribution in [3.8, 4) is 0 Å². The minimum Gasteiger partial charge on any atom is -0.451 e. The van der Waals surface area contributed by atoms with Gasteiger partial charge in [-0.1, -0.05) is 11.6 Å². The summed E-state index contributed by atoms with van der Waals surface area (Å²) in [6.45, 7) is 2.25. The van der Waals surface area contributed by atoms with Gasteiger partial charge in [-0.25, -0.2) is 0 Å². The van der Waals surface area contributed by atoms with E-state index in [0.29, 0.717) is 11.6 Å². The molecule has 1 aliphatic heterocycles. The summed E-state index contributed by atoms with van der Waals surface area (Å²) < 4.78 is 10.7. The lowest BCUT2D eigenvalue weighted by atomic mass is 9.86. The Hall–Kier alpha value is -1.55. The lowest BCUT2D eigenvalue weighted by Crippen LogP contribution is -2.15. The Morgan fingerprint density at radius 2 is 2.20 bits per heavy atom. The van der Waals surface area contributed by atoms with Crippen LogP contribution < -0.4 is 0 Å². The van der Waals surface area contributed by atoms with Crippen LogP contribution in [0.15, 0.2) is 17.1 Å². The molecule has 20 heavy (non-hydrogen) atoms. The molecule has 0 bridgehead atoms. The van der Waals surface area contributed by atoms with Crippen molar-refractivity contribution in [2.45, 2.75) is 38.7 Å². The third-order valence-electron chi connectivity index (χ3n) is 3.66. The van der Waals surface area contributed by atoms with Crippen molar-refractivity contribution in [2.24, 2.45) is 4.99 Å². The van der Waals surface area contributed by atoms with Crippen LogP contribution >= 0.6 is 11.6 Å². The predicted molar refractivity (Wildman–Crippen MR) is 76.0 cm³/mol. The van der Waals surface area contributed by atoms with E-state index in [-0.39, 0.29) is 12.0 Å². The normalized spacial score (nSPS) is 21.2. The summed E-state index contributed by atoms with van der Waals surface area (Å²) in [6.07, 6.45) is 3.60. The monoisotopic (exact) mass is 293 g/mol. The molecule has 0 aromatic heterocycles. The standard InChI is InChI=1S/C15H16ClNO3/c1-2-19-15-17-14(18)13(20-15)12-8-10(16)7-9-5-3-4-6-11(9)12/h7-8,13H,2-6H2,1H3. The maximum atomic E-state index is 12.0. The van der Waals surface area contributed by atoms with Gasteiger partial charge in [-0.3, -0.25) is 4.79 Å². The highest BCUT2D eigenvalue weighted by molar-refractivity contribution is 6.30. The highest BCUT2D eigenvalue weighted by atomic mass is 35.5. The van der Waals surface area contributed by atoms with E-state index >= 15 is 0 Å². The summed E-state index contributed by atoms with van der Waals surface area (Å²) in [5.41, 5.74) is 3.25. The molecule has 0 saturated carbocycles. The minimum atomic E-state index is -0.706. The molecule has 1 aliphatic carbocycles. The number of amides is 1. The lowest BCUT2D eigenvalue weighted by molar-refractivity contribution is -0.123. The van der Waals surface area contributed by atoms with Gasteiger partial charge in [0.15, 0.2) is 0 Å². The number of nitrogens with zero attached hydrogens (tertiary/aromatic N) is 1. The van der Waals surface area contributed by atoms with Gasteiger partial charge in [-0.15, -0.1) is 4.99 Å². The van der Waals surface area contributed by atoms with Gasteiger partial charge < -0.3 is 9.47 Å². The van der Waals surface area contributed by atoms with Crippen molar-refractivity contribution in [1.82, 2.24) is 0 Å². The number of fused-ring (bicyclic) bond motifs is 1. The van der Waals surface area contributed by atoms with E-state index in [2.05, 4.69) is 4.99 Å². The van der Waals surface area contributed by atoms with Gasteiger partial charge in [0.05, 0.1) is 6.61 Å². The molecule has 1 aromatic carbocycles. The van der Waals surface area contributed by atoms with Gasteiger partial charge in [0, 0.05) is 10.6 Å². The summed E-state index contributed by atoms with van der Waals surface area (Å²) in [6, 6.07) is 3.81. The Bertz CT molecular complexity index is 583. The highest BCUT2D eigenvalue weighted by Gasteiger charge is 2.34. The van der Waals surface area contributed by atoms with Crippen molar-refractivity contribution in [2.75, 3.05) is 6.61 Å². The topological polar surface area (TPSA) is 47.9 Å². The number of hydrogen-bond donors (Lipinski definition) is 0. The third kappa shape index (κ3) is 2.40. The van der Waals surface area contributed by atoms with E-state index in [9.17, 15) is 4.79 Å². The number of aryl methyl sites for hydroxylation is 1. The second-order valence-electron chi connectivity index (χ2n) is 4.99. The quantitative estimate of drug-likeness (QED) is 0.841. The molecule has 1 unspecified atom stereocenters. The number of rotatable bonds is 2. The lowest BCUT2D eigenvalue weighted by Gasteiger charge is -2.22. The molecule has 106 valence electrons. The SMILES string of the molecule is CCOC1=NC(=O)C(c2cc(Cl)cc3c2CCCC3)O1. The summed E-state index contributed by atoms with van der Waals surface area (Å²) in [4.78, 5) is 15.8. The van der Waals surface area contributed by atoms with E-state index in [1.165, 1.54) is 11.1 Å². The summed E-state index contributed by atoms with van der Waals surface area (Å²) in [5.74, 6) is -0.316. The molecule has 5 heteroatoms. The Labute approximate surface area is 122 Å². The zero-order chi connectivity index (χ0) is 14.1. The van der Waals surface area contributed by atoms with Crippen molar-refractivity contribution in [3.63, 3.8) is 0 Å². The van der Waals surface area contributed by atoms with Crippen LogP contribution in [-0.2, 0) is 27.1 Å². The average Bonchev–Trinajstić information content (AvgIpc) is 2.79. The number of halogens is 1. The van der Waals surface area contributed by atoms with Crippen molar-refractivity contribution >= 4 is 23.6 Å². The maximum Gasteiger partial charge on any atom is 0.392 e. The minimum absolute atomic E-state index is 0.0621. The molecule has 0 spiro atoms. The molecule has 0 fully saturated rings. The maximum absolute atomic E-state index is 12.0. The van der Waals surface area contributed by atoms with Gasteiger partial charge in [0.25, 0.3) is 5.91 Å². The van der Waals surface area contributed by atoms with Crippen LogP contribution in [0.1, 0.15) is 42.6 Å². The van der Waals surface area contributed by atoms with Gasteiger partial charge in [0.2, 0.25) is 6.10 Å². The van der Waals surface area contributed by atoms with Crippen molar-refractivity contribution in [3.05, 3.63) is 33.8 Å². The summed E-state index contributed by atoms with van der Waals surface area (Å²) in [5, 5.41) is 0.641. The Balaban J connectivity index is 1.95. The van der Waals surface area contributed by atoms with Crippen LogP contribution in [0, 0.1) is 0 Å². The number of carbonyl (C=O) groups is 1. The molecule has 1 heterocycles. The molecule has 0 saturated heterocycles. The molecular weight excluding hydrogens is 278 g/mol. The Kier molecular flexibility index (Phi) is 3.66. The summed E-state index contributed by atoms with van der Waals surface area (Å²) >= 11 is 6.17. The van der Waals surface area contributed by atoms with Gasteiger partial charge in [0.1, 0.15) is 0 Å². The molecule has 1 amide bonds. The van der Waals surface area contributed by atoms with Crippen molar-refractivity contribution in [1.29, 1.82) is 0 Å². The van der Waals surface area contributed by atoms with Crippen molar-refractivity contribution < 1.29 is 14.3 Å². The number of hydrogen-bond acceptors (Lipinski definition) is 3. The predicted octanol–water partition coefficient (Wildman–Crippen LogP) is 3.21. The highest BCUT2D eigenvalue weighted by Crippen LogP contribution is 2.35. The molecule has 2 aliphatic rings. The van der Waals surface area contributed by atoms with Gasteiger partial charge >= 0.3 is 6.08 Å². The Morgan fingerprint density at radius 3 is 3.00 bits per heavy atom. The number of benzene rings is 1. The van der Waals surface area contributed by atoms with E-state index in [1.54, 1.807) is 0 Å². The third-order valence-corrected chi connectivity index (χ3v) is 3.88. The number of ether oxygens (including phenoxy) is 2. The summed E-state index contributed by atoms with van der Waals surface area (Å²) in [7, 11) is 0. The fourth-order valence-corrected chi connectivity index (χ4v) is 3.06. The first-order valence-corrected chi connectivity index (χ1v) is 7.30. The zero-order valence-electron chi connectivity index (χ0n) is 11.3. The number of carbonyl (C=O) groups excluding carboxylic acids is 1. The second-order valence-corrected chi connectivity index (χ2v) is 5.42. The number of aliphatic imine (C=N–C) groups is 1. The fourth-order valence-electron chi connectivity index (χ4n) is 2.81. The first-order chi connectivity index (χ1) is 9.69. The molecule has 1 aromatic rings. The average molecular weight is 294 g/mol. The smallest absolute Gasteiger partial charge is 0.392 e. The molecule has 4 nitrogen and oxygen atoms in total. The molecule has 0 radical (unpaired) electrons. The molecule has 3 rings (SSSR count). The van der Waals surface area contributed by atoms with Gasteiger partial charge in [-0.2, -0.15) is 0 Å². The van der Waals surface area contributed by atoms with Crippen LogP contribution in [0.25, 0.3) is 0 Å². The van der Waals surface area contributed by atoms with E-state index in [1.807, 2.05) is 19.1 Å². The zero-order valence-corrected chi connectivity index (χ0v) is 12.1. The van der Waals surface area contributed by atoms with E-state index < -0.39 is 6.10 Å². The fraction of sp³-hybridized carbons (Fsp3) is 0.467. The molecular formula is C15H16ClNO3. The molecule has 1 atom stereocenters. The first kappa shape index (κ1) is 13.4.